The Kier molecular flexibility index (Phi) is 3.90. The predicted molar refractivity (Wildman–Crippen MR) is 72.9 cm³/mol. The van der Waals surface area contributed by atoms with Crippen molar-refractivity contribution in [1.29, 1.82) is 0 Å². The Morgan fingerprint density at radius 3 is 2.74 bits per heavy atom. The van der Waals surface area contributed by atoms with Gasteiger partial charge in [-0.05, 0) is 37.3 Å². The zero-order chi connectivity index (χ0) is 13.8. The molecule has 0 bridgehead atoms. The van der Waals surface area contributed by atoms with E-state index in [0.29, 0.717) is 24.1 Å². The molecule has 0 atom stereocenters. The molecule has 0 saturated heterocycles. The van der Waals surface area contributed by atoms with Crippen LogP contribution in [-0.2, 0) is 6.54 Å². The van der Waals surface area contributed by atoms with Gasteiger partial charge in [-0.2, -0.15) is 0 Å². The molecule has 98 valence electrons. The van der Waals surface area contributed by atoms with Crippen LogP contribution in [0.3, 0.4) is 0 Å². The van der Waals surface area contributed by atoms with E-state index in [-0.39, 0.29) is 0 Å². The number of aryl methyl sites for hydroxylation is 1. The molecule has 0 fully saturated rings. The van der Waals surface area contributed by atoms with Gasteiger partial charge in [0.25, 0.3) is 0 Å². The molecule has 2 aromatic rings. The highest BCUT2D eigenvalue weighted by molar-refractivity contribution is 5.75. The molecule has 0 aliphatic heterocycles. The molecule has 0 saturated carbocycles. The van der Waals surface area contributed by atoms with Crippen molar-refractivity contribution < 1.29 is 9.18 Å². The maximum absolute atomic E-state index is 13.8. The number of nitrogens with zero attached hydrogens (tertiary/aromatic N) is 2. The third kappa shape index (κ3) is 3.16. The molecule has 1 heterocycles. The maximum Gasteiger partial charge on any atom is 0.150 e. The van der Waals surface area contributed by atoms with Gasteiger partial charge >= 0.3 is 0 Å². The first-order chi connectivity index (χ1) is 9.10. The summed E-state index contributed by atoms with van der Waals surface area (Å²) in [4.78, 5) is 16.7. The highest BCUT2D eigenvalue weighted by Gasteiger charge is 2.09. The molecule has 19 heavy (non-hydrogen) atoms. The van der Waals surface area contributed by atoms with E-state index in [1.165, 1.54) is 6.07 Å². The van der Waals surface area contributed by atoms with E-state index in [0.717, 1.165) is 11.4 Å². The number of benzene rings is 1. The second-order valence-corrected chi connectivity index (χ2v) is 4.46. The van der Waals surface area contributed by atoms with Gasteiger partial charge in [0.1, 0.15) is 12.1 Å². The van der Waals surface area contributed by atoms with Gasteiger partial charge in [0, 0.05) is 18.3 Å². The van der Waals surface area contributed by atoms with E-state index >= 15 is 0 Å². The Morgan fingerprint density at radius 1 is 1.32 bits per heavy atom. The van der Waals surface area contributed by atoms with Gasteiger partial charge in [-0.25, -0.2) is 4.39 Å². The van der Waals surface area contributed by atoms with Gasteiger partial charge < -0.3 is 4.90 Å². The highest BCUT2D eigenvalue weighted by atomic mass is 19.1. The van der Waals surface area contributed by atoms with E-state index in [9.17, 15) is 9.18 Å². The Labute approximate surface area is 111 Å². The van der Waals surface area contributed by atoms with Crippen LogP contribution in [-0.4, -0.2) is 18.3 Å². The molecule has 0 amide bonds. The number of hydrogen-bond donors (Lipinski definition) is 0. The fraction of sp³-hybridized carbons (Fsp3) is 0.200. The lowest BCUT2D eigenvalue weighted by atomic mass is 10.2. The Morgan fingerprint density at radius 2 is 2.11 bits per heavy atom. The summed E-state index contributed by atoms with van der Waals surface area (Å²) >= 11 is 0. The lowest BCUT2D eigenvalue weighted by Gasteiger charge is -2.19. The first-order valence-electron chi connectivity index (χ1n) is 5.98. The fourth-order valence-electron chi connectivity index (χ4n) is 1.92. The van der Waals surface area contributed by atoms with Crippen LogP contribution in [0.15, 0.2) is 36.4 Å². The number of aromatic nitrogens is 1. The number of pyridine rings is 1. The monoisotopic (exact) mass is 258 g/mol. The average molecular weight is 258 g/mol. The fourth-order valence-corrected chi connectivity index (χ4v) is 1.92. The minimum atomic E-state index is -0.403. The molecule has 0 N–H and O–H groups in total. The minimum Gasteiger partial charge on any atom is -0.366 e. The van der Waals surface area contributed by atoms with E-state index in [4.69, 9.17) is 0 Å². The first-order valence-corrected chi connectivity index (χ1v) is 5.98. The van der Waals surface area contributed by atoms with Gasteiger partial charge in [-0.3, -0.25) is 9.78 Å². The summed E-state index contributed by atoms with van der Waals surface area (Å²) in [5, 5.41) is 0. The first kappa shape index (κ1) is 13.2. The van der Waals surface area contributed by atoms with Gasteiger partial charge in [0.2, 0.25) is 0 Å². The number of anilines is 1. The predicted octanol–water partition coefficient (Wildman–Crippen LogP) is 2.98. The third-order valence-corrected chi connectivity index (χ3v) is 2.86. The molecule has 0 spiro atoms. The number of halogens is 1. The molecule has 3 nitrogen and oxygen atoms in total. The third-order valence-electron chi connectivity index (χ3n) is 2.86. The topological polar surface area (TPSA) is 33.2 Å². The van der Waals surface area contributed by atoms with Crippen molar-refractivity contribution >= 4 is 12.0 Å². The molecule has 1 aromatic heterocycles. The number of carbonyl (C=O) groups excluding carboxylic acids is 1. The van der Waals surface area contributed by atoms with Gasteiger partial charge in [-0.1, -0.05) is 6.07 Å². The van der Waals surface area contributed by atoms with Gasteiger partial charge in [0.05, 0.1) is 17.9 Å². The van der Waals surface area contributed by atoms with Crippen molar-refractivity contribution in [2.45, 2.75) is 13.5 Å². The second-order valence-electron chi connectivity index (χ2n) is 4.46. The van der Waals surface area contributed by atoms with Crippen LogP contribution in [0.1, 0.15) is 21.7 Å². The molecular formula is C15H15FN2O. The van der Waals surface area contributed by atoms with Crippen LogP contribution in [0.25, 0.3) is 0 Å². The van der Waals surface area contributed by atoms with Gasteiger partial charge in [-0.15, -0.1) is 0 Å². The van der Waals surface area contributed by atoms with Crippen molar-refractivity contribution in [3.63, 3.8) is 0 Å². The number of aldehydes is 1. The Hall–Kier alpha value is -2.23. The highest BCUT2D eigenvalue weighted by Crippen LogP contribution is 2.20. The summed E-state index contributed by atoms with van der Waals surface area (Å²) in [5.41, 5.74) is 2.60. The van der Waals surface area contributed by atoms with Crippen molar-refractivity contribution in [2.24, 2.45) is 0 Å². The van der Waals surface area contributed by atoms with E-state index in [1.807, 2.05) is 25.1 Å². The summed E-state index contributed by atoms with van der Waals surface area (Å²) in [6.45, 7) is 2.43. The van der Waals surface area contributed by atoms with Crippen LogP contribution >= 0.6 is 0 Å². The molecular weight excluding hydrogens is 243 g/mol. The zero-order valence-electron chi connectivity index (χ0n) is 10.9. The summed E-state index contributed by atoms with van der Waals surface area (Å²) in [5.74, 6) is -0.403. The molecule has 0 unspecified atom stereocenters. The smallest absolute Gasteiger partial charge is 0.150 e. The van der Waals surface area contributed by atoms with Crippen LogP contribution in [0.2, 0.25) is 0 Å². The lowest BCUT2D eigenvalue weighted by molar-refractivity contribution is 0.112. The molecule has 0 radical (unpaired) electrons. The second kappa shape index (κ2) is 5.61. The summed E-state index contributed by atoms with van der Waals surface area (Å²) in [6.07, 6.45) is 0.634. The quantitative estimate of drug-likeness (QED) is 0.790. The standard InChI is InChI=1S/C15H15FN2O/c1-11-4-3-5-13(17-11)9-18(2)15-7-6-12(10-19)8-14(15)16/h3-8,10H,9H2,1-2H3. The van der Waals surface area contributed by atoms with Crippen molar-refractivity contribution in [3.8, 4) is 0 Å². The van der Waals surface area contributed by atoms with E-state index < -0.39 is 5.82 Å². The van der Waals surface area contributed by atoms with Crippen LogP contribution in [0, 0.1) is 12.7 Å². The van der Waals surface area contributed by atoms with Crippen LogP contribution in [0.5, 0.6) is 0 Å². The zero-order valence-corrected chi connectivity index (χ0v) is 10.9. The normalized spacial score (nSPS) is 10.3. The molecule has 4 heteroatoms. The van der Waals surface area contributed by atoms with E-state index in [2.05, 4.69) is 4.98 Å². The average Bonchev–Trinajstić information content (AvgIpc) is 2.38. The summed E-state index contributed by atoms with van der Waals surface area (Å²) in [7, 11) is 1.79. The van der Waals surface area contributed by atoms with Crippen LogP contribution < -0.4 is 4.90 Å². The number of carbonyl (C=O) groups is 1. The maximum atomic E-state index is 13.8. The van der Waals surface area contributed by atoms with Crippen molar-refractivity contribution in [2.75, 3.05) is 11.9 Å². The lowest BCUT2D eigenvalue weighted by Crippen LogP contribution is -2.18. The Balaban J connectivity index is 2.20. The van der Waals surface area contributed by atoms with Crippen molar-refractivity contribution in [1.82, 2.24) is 4.98 Å². The summed E-state index contributed by atoms with van der Waals surface area (Å²) in [6, 6.07) is 10.2. The minimum absolute atomic E-state index is 0.336. The number of hydrogen-bond acceptors (Lipinski definition) is 3. The molecule has 2 rings (SSSR count). The molecule has 0 aliphatic carbocycles. The molecule has 0 aliphatic rings. The number of rotatable bonds is 4. The largest absolute Gasteiger partial charge is 0.366 e. The molecule has 1 aromatic carbocycles. The van der Waals surface area contributed by atoms with Gasteiger partial charge in [0.15, 0.2) is 0 Å². The van der Waals surface area contributed by atoms with Crippen molar-refractivity contribution in [3.05, 3.63) is 59.2 Å². The SMILES string of the molecule is Cc1cccc(CN(C)c2ccc(C=O)cc2F)n1. The Bertz CT molecular complexity index is 598. The summed E-state index contributed by atoms with van der Waals surface area (Å²) < 4.78 is 13.8. The van der Waals surface area contributed by atoms with E-state index in [1.54, 1.807) is 24.1 Å². The van der Waals surface area contributed by atoms with Crippen LogP contribution in [0.4, 0.5) is 10.1 Å².